The zero-order chi connectivity index (χ0) is 32.4. The third-order valence-electron chi connectivity index (χ3n) is 8.03. The first-order valence-corrected chi connectivity index (χ1v) is 15.8. The Morgan fingerprint density at radius 1 is 0.891 bits per heavy atom. The normalized spacial score (nSPS) is 11.5. The summed E-state index contributed by atoms with van der Waals surface area (Å²) in [5.41, 5.74) is 4.71. The first-order chi connectivity index (χ1) is 22.3. The Kier molecular flexibility index (Phi) is 8.90. The second kappa shape index (κ2) is 13.2. The van der Waals surface area contributed by atoms with Crippen molar-refractivity contribution in [1.29, 1.82) is 0 Å². The van der Waals surface area contributed by atoms with Crippen LogP contribution in [0.25, 0.3) is 33.1 Å². The molecule has 0 saturated heterocycles. The van der Waals surface area contributed by atoms with E-state index in [0.29, 0.717) is 40.4 Å². The highest BCUT2D eigenvalue weighted by Crippen LogP contribution is 2.36. The van der Waals surface area contributed by atoms with Crippen molar-refractivity contribution < 1.29 is 14.2 Å². The van der Waals surface area contributed by atoms with E-state index in [1.165, 1.54) is 4.68 Å². The minimum atomic E-state index is -0.279. The van der Waals surface area contributed by atoms with Crippen LogP contribution in [0.2, 0.25) is 0 Å². The van der Waals surface area contributed by atoms with Gasteiger partial charge in [0.1, 0.15) is 12.4 Å². The number of ether oxygens (including phenoxy) is 3. The highest BCUT2D eigenvalue weighted by Gasteiger charge is 2.19. The number of hydrogen-bond acceptors (Lipinski definition) is 6. The third-order valence-corrected chi connectivity index (χ3v) is 8.48. The van der Waals surface area contributed by atoms with Crippen LogP contribution in [0, 0.1) is 6.92 Å². The van der Waals surface area contributed by atoms with Crippen LogP contribution in [0.15, 0.2) is 105 Å². The molecule has 46 heavy (non-hydrogen) atoms. The van der Waals surface area contributed by atoms with Gasteiger partial charge in [-0.05, 0) is 76.7 Å². The average molecular weight is 677 g/mol. The number of rotatable bonds is 9. The van der Waals surface area contributed by atoms with Crippen LogP contribution in [0.5, 0.6) is 17.2 Å². The van der Waals surface area contributed by atoms with E-state index < -0.39 is 0 Å². The van der Waals surface area contributed by atoms with Crippen LogP contribution >= 0.6 is 15.9 Å². The molecular weight excluding hydrogens is 642 g/mol. The number of fused-ring (bicyclic) bond motifs is 2. The van der Waals surface area contributed by atoms with Crippen molar-refractivity contribution >= 4 is 43.8 Å². The molecule has 0 saturated carbocycles. The summed E-state index contributed by atoms with van der Waals surface area (Å²) < 4.78 is 20.0. The smallest absolute Gasteiger partial charge is 0.282 e. The van der Waals surface area contributed by atoms with Gasteiger partial charge in [-0.25, -0.2) is 4.98 Å². The number of halogens is 1. The molecule has 0 atom stereocenters. The SMILES string of the molecule is COc1cc(C)c(-c2nc3ccccc3c(=O)n2N=Cc2cc(Br)cc(OC)c2OCc2cccc3ccccc23)cc1C(C)C. The second-order valence-electron chi connectivity index (χ2n) is 11.3. The fourth-order valence-electron chi connectivity index (χ4n) is 5.65. The van der Waals surface area contributed by atoms with E-state index >= 15 is 0 Å². The molecule has 6 rings (SSSR count). The van der Waals surface area contributed by atoms with Crippen LogP contribution < -0.4 is 19.8 Å². The summed E-state index contributed by atoms with van der Waals surface area (Å²) in [5, 5.41) is 7.50. The van der Waals surface area contributed by atoms with E-state index in [4.69, 9.17) is 24.3 Å². The minimum absolute atomic E-state index is 0.189. The molecule has 232 valence electrons. The Bertz CT molecular complexity index is 2170. The molecule has 0 bridgehead atoms. The lowest BCUT2D eigenvalue weighted by Gasteiger charge is -2.18. The number of aryl methyl sites for hydroxylation is 1. The van der Waals surface area contributed by atoms with E-state index in [9.17, 15) is 4.79 Å². The number of para-hydroxylation sites is 1. The highest BCUT2D eigenvalue weighted by molar-refractivity contribution is 9.10. The topological polar surface area (TPSA) is 74.9 Å². The lowest BCUT2D eigenvalue weighted by molar-refractivity contribution is 0.285. The monoisotopic (exact) mass is 675 g/mol. The highest BCUT2D eigenvalue weighted by atomic mass is 79.9. The predicted octanol–water partition coefficient (Wildman–Crippen LogP) is 8.89. The number of nitrogens with zero attached hydrogens (tertiary/aromatic N) is 3. The summed E-state index contributed by atoms with van der Waals surface area (Å²) in [4.78, 5) is 19.0. The van der Waals surface area contributed by atoms with E-state index in [2.05, 4.69) is 54.0 Å². The van der Waals surface area contributed by atoms with Gasteiger partial charge in [0.05, 0.1) is 31.3 Å². The first-order valence-electron chi connectivity index (χ1n) is 15.0. The van der Waals surface area contributed by atoms with Gasteiger partial charge in [-0.3, -0.25) is 4.79 Å². The van der Waals surface area contributed by atoms with Crippen LogP contribution in [0.1, 0.15) is 42.0 Å². The summed E-state index contributed by atoms with van der Waals surface area (Å²) in [6.45, 7) is 6.51. The molecule has 0 radical (unpaired) electrons. The summed E-state index contributed by atoms with van der Waals surface area (Å²) >= 11 is 3.60. The Morgan fingerprint density at radius 2 is 1.61 bits per heavy atom. The lowest BCUT2D eigenvalue weighted by atomic mass is 9.96. The van der Waals surface area contributed by atoms with Crippen molar-refractivity contribution in [3.05, 3.63) is 128 Å². The minimum Gasteiger partial charge on any atom is -0.496 e. The molecule has 0 amide bonds. The number of benzene rings is 5. The van der Waals surface area contributed by atoms with Gasteiger partial charge in [0.15, 0.2) is 17.3 Å². The standard InChI is InChI=1S/C38H34BrN3O4/c1-23(2)31-20-32(24(3)17-34(31)44-4)37-41-33-16-9-8-15-30(33)38(43)42(37)40-21-27-18-28(39)19-35(45-5)36(27)46-22-26-13-10-12-25-11-6-7-14-29(25)26/h6-21,23H,22H2,1-5H3. The van der Waals surface area contributed by atoms with E-state index in [0.717, 1.165) is 43.2 Å². The maximum absolute atomic E-state index is 14.0. The van der Waals surface area contributed by atoms with Crippen molar-refractivity contribution in [3.8, 4) is 28.6 Å². The van der Waals surface area contributed by atoms with E-state index in [-0.39, 0.29) is 11.5 Å². The van der Waals surface area contributed by atoms with Crippen molar-refractivity contribution in [3.63, 3.8) is 0 Å². The molecule has 8 heteroatoms. The average Bonchev–Trinajstić information content (AvgIpc) is 3.06. The molecule has 0 unspecified atom stereocenters. The molecule has 0 aliphatic rings. The fraction of sp³-hybridized carbons (Fsp3) is 0.184. The maximum Gasteiger partial charge on any atom is 0.282 e. The quantitative estimate of drug-likeness (QED) is 0.143. The number of methoxy groups -OCH3 is 2. The van der Waals surface area contributed by atoms with Crippen LogP contribution in [0.4, 0.5) is 0 Å². The van der Waals surface area contributed by atoms with Crippen LogP contribution in [0.3, 0.4) is 0 Å². The van der Waals surface area contributed by atoms with Crippen molar-refractivity contribution in [2.75, 3.05) is 14.2 Å². The molecule has 6 aromatic rings. The van der Waals surface area contributed by atoms with Gasteiger partial charge in [-0.2, -0.15) is 9.78 Å². The Morgan fingerprint density at radius 3 is 2.37 bits per heavy atom. The molecular formula is C38H34BrN3O4. The molecule has 0 spiro atoms. The zero-order valence-corrected chi connectivity index (χ0v) is 28.0. The molecule has 1 aromatic heterocycles. The third kappa shape index (κ3) is 6.00. The molecule has 1 heterocycles. The van der Waals surface area contributed by atoms with Crippen molar-refractivity contribution in [1.82, 2.24) is 9.66 Å². The van der Waals surface area contributed by atoms with Gasteiger partial charge in [0.2, 0.25) is 0 Å². The summed E-state index contributed by atoms with van der Waals surface area (Å²) in [6.07, 6.45) is 1.62. The van der Waals surface area contributed by atoms with Gasteiger partial charge in [0, 0.05) is 15.6 Å². The maximum atomic E-state index is 14.0. The van der Waals surface area contributed by atoms with Gasteiger partial charge in [0.25, 0.3) is 5.56 Å². The molecule has 7 nitrogen and oxygen atoms in total. The van der Waals surface area contributed by atoms with Gasteiger partial charge >= 0.3 is 0 Å². The lowest BCUT2D eigenvalue weighted by Crippen LogP contribution is -2.21. The summed E-state index contributed by atoms with van der Waals surface area (Å²) in [6, 6.07) is 29.4. The molecule has 0 aliphatic heterocycles. The van der Waals surface area contributed by atoms with Crippen molar-refractivity contribution in [2.45, 2.75) is 33.3 Å². The van der Waals surface area contributed by atoms with Gasteiger partial charge in [-0.1, -0.05) is 84.4 Å². The number of hydrogen-bond donors (Lipinski definition) is 0. The van der Waals surface area contributed by atoms with Crippen LogP contribution in [-0.2, 0) is 6.61 Å². The van der Waals surface area contributed by atoms with Crippen LogP contribution in [-0.4, -0.2) is 30.1 Å². The Hall–Kier alpha value is -4.95. The fourth-order valence-corrected chi connectivity index (χ4v) is 6.11. The Balaban J connectivity index is 1.49. The summed E-state index contributed by atoms with van der Waals surface area (Å²) in [5.74, 6) is 2.46. The Labute approximate surface area is 276 Å². The van der Waals surface area contributed by atoms with Crippen molar-refractivity contribution in [2.24, 2.45) is 5.10 Å². The molecule has 5 aromatic carbocycles. The largest absolute Gasteiger partial charge is 0.496 e. The van der Waals surface area contributed by atoms with Gasteiger partial charge in [-0.15, -0.1) is 0 Å². The number of aromatic nitrogens is 2. The second-order valence-corrected chi connectivity index (χ2v) is 12.2. The summed E-state index contributed by atoms with van der Waals surface area (Å²) in [7, 11) is 3.27. The zero-order valence-electron chi connectivity index (χ0n) is 26.4. The predicted molar refractivity (Wildman–Crippen MR) is 189 cm³/mol. The van der Waals surface area contributed by atoms with E-state index in [1.54, 1.807) is 26.5 Å². The molecule has 0 fully saturated rings. The van der Waals surface area contributed by atoms with Gasteiger partial charge < -0.3 is 14.2 Å². The van der Waals surface area contributed by atoms with E-state index in [1.807, 2.05) is 67.6 Å². The molecule has 0 N–H and O–H groups in total. The first kappa shape index (κ1) is 31.0. The molecule has 0 aliphatic carbocycles.